The molecule has 1 atom stereocenters. The van der Waals surface area contributed by atoms with Gasteiger partial charge in [0.25, 0.3) is 5.91 Å². The molecule has 0 spiro atoms. The van der Waals surface area contributed by atoms with Crippen LogP contribution < -0.4 is 15.0 Å². The van der Waals surface area contributed by atoms with Crippen LogP contribution in [0.15, 0.2) is 28.6 Å². The van der Waals surface area contributed by atoms with Crippen LogP contribution >= 0.6 is 23.1 Å². The molecule has 0 aliphatic carbocycles. The molecule has 2 aromatic rings. The van der Waals surface area contributed by atoms with E-state index in [1.54, 1.807) is 38.1 Å². The Balaban J connectivity index is 1.60. The highest BCUT2D eigenvalue weighted by Gasteiger charge is 2.32. The fourth-order valence-corrected chi connectivity index (χ4v) is 4.03. The summed E-state index contributed by atoms with van der Waals surface area (Å²) in [4.78, 5) is 37.6. The van der Waals surface area contributed by atoms with Crippen LogP contribution in [-0.4, -0.2) is 53.0 Å². The number of ether oxygens (including phenoxy) is 2. The molecule has 0 bridgehead atoms. The molecule has 0 saturated carbocycles. The third kappa shape index (κ3) is 4.78. The Morgan fingerprint density at radius 3 is 2.93 bits per heavy atom. The van der Waals surface area contributed by atoms with Gasteiger partial charge in [0.1, 0.15) is 12.3 Å². The minimum atomic E-state index is -0.671. The third-order valence-corrected chi connectivity index (χ3v) is 5.59. The topological polar surface area (TPSA) is 111 Å². The van der Waals surface area contributed by atoms with Crippen LogP contribution in [-0.2, 0) is 19.1 Å². The number of carbonyl (C=O) groups excluding carboxylic acids is 3. The van der Waals surface area contributed by atoms with E-state index in [1.807, 2.05) is 0 Å². The number of hydrogen-bond donors (Lipinski definition) is 1. The van der Waals surface area contributed by atoms with Gasteiger partial charge in [-0.1, -0.05) is 35.2 Å². The molecule has 0 saturated heterocycles. The zero-order chi connectivity index (χ0) is 20.1. The highest BCUT2D eigenvalue weighted by molar-refractivity contribution is 8.01. The van der Waals surface area contributed by atoms with E-state index in [9.17, 15) is 14.4 Å². The Hall–Kier alpha value is -2.66. The molecule has 0 fully saturated rings. The summed E-state index contributed by atoms with van der Waals surface area (Å²) in [7, 11) is 0. The molecule has 2 heterocycles. The minimum Gasteiger partial charge on any atom is -0.479 e. The number of hydrogen-bond acceptors (Lipinski definition) is 9. The first-order chi connectivity index (χ1) is 13.5. The van der Waals surface area contributed by atoms with Crippen molar-refractivity contribution in [1.29, 1.82) is 0 Å². The Kier molecular flexibility index (Phi) is 6.47. The molecule has 28 heavy (non-hydrogen) atoms. The number of fused-ring (bicyclic) bond motifs is 1. The maximum Gasteiger partial charge on any atom is 0.316 e. The summed E-state index contributed by atoms with van der Waals surface area (Å²) in [6.45, 7) is 3.52. The fraction of sp³-hybridized carbons (Fsp3) is 0.353. The van der Waals surface area contributed by atoms with Crippen molar-refractivity contribution >= 4 is 51.7 Å². The van der Waals surface area contributed by atoms with Crippen molar-refractivity contribution in [1.82, 2.24) is 10.2 Å². The molecule has 11 heteroatoms. The smallest absolute Gasteiger partial charge is 0.316 e. The molecule has 9 nitrogen and oxygen atoms in total. The standard InChI is InChI=1S/C17H18N4O5S2/c1-3-25-14(23)9-27-17-20-19-16(28-17)18-13(22)8-21-11-6-4-5-7-12(11)26-10(2)15(21)24/h4-7,10H,3,8-9H2,1-2H3,(H,18,19,22). The number of para-hydroxylation sites is 2. The number of nitrogens with one attached hydrogen (secondary N) is 1. The highest BCUT2D eigenvalue weighted by Crippen LogP contribution is 2.33. The zero-order valence-electron chi connectivity index (χ0n) is 15.2. The van der Waals surface area contributed by atoms with Crippen molar-refractivity contribution in [2.24, 2.45) is 0 Å². The molecule has 1 aliphatic heterocycles. The first kappa shape index (κ1) is 20.1. The van der Waals surface area contributed by atoms with Gasteiger partial charge in [-0.05, 0) is 26.0 Å². The van der Waals surface area contributed by atoms with Gasteiger partial charge in [0.15, 0.2) is 10.4 Å². The number of rotatable bonds is 7. The van der Waals surface area contributed by atoms with E-state index < -0.39 is 12.0 Å². The van der Waals surface area contributed by atoms with E-state index in [0.717, 1.165) is 11.3 Å². The lowest BCUT2D eigenvalue weighted by atomic mass is 10.2. The number of thioether (sulfide) groups is 1. The van der Waals surface area contributed by atoms with E-state index in [2.05, 4.69) is 15.5 Å². The molecule has 1 aliphatic rings. The number of esters is 1. The van der Waals surface area contributed by atoms with Gasteiger partial charge >= 0.3 is 5.97 Å². The second kappa shape index (κ2) is 9.02. The average molecular weight is 422 g/mol. The van der Waals surface area contributed by atoms with Crippen molar-refractivity contribution in [2.75, 3.05) is 29.1 Å². The Morgan fingerprint density at radius 1 is 1.36 bits per heavy atom. The van der Waals surface area contributed by atoms with Crippen LogP contribution in [0.25, 0.3) is 0 Å². The first-order valence-corrected chi connectivity index (χ1v) is 10.3. The zero-order valence-corrected chi connectivity index (χ0v) is 16.8. The van der Waals surface area contributed by atoms with E-state index in [0.29, 0.717) is 27.5 Å². The molecule has 3 rings (SSSR count). The fourth-order valence-electron chi connectivity index (χ4n) is 2.47. The number of benzene rings is 1. The number of amides is 2. The first-order valence-electron chi connectivity index (χ1n) is 8.46. The van der Waals surface area contributed by atoms with Crippen LogP contribution in [0, 0.1) is 0 Å². The molecule has 1 unspecified atom stereocenters. The lowest BCUT2D eigenvalue weighted by Gasteiger charge is -2.32. The summed E-state index contributed by atoms with van der Waals surface area (Å²) in [6, 6.07) is 7.05. The van der Waals surface area contributed by atoms with Crippen molar-refractivity contribution < 1.29 is 23.9 Å². The molecule has 2 amide bonds. The van der Waals surface area contributed by atoms with Crippen molar-refractivity contribution in [3.05, 3.63) is 24.3 Å². The second-order valence-corrected chi connectivity index (χ2v) is 7.87. The summed E-state index contributed by atoms with van der Waals surface area (Å²) in [5, 5.41) is 10.7. The highest BCUT2D eigenvalue weighted by atomic mass is 32.2. The Morgan fingerprint density at radius 2 is 2.14 bits per heavy atom. The lowest BCUT2D eigenvalue weighted by Crippen LogP contribution is -2.47. The van der Waals surface area contributed by atoms with Crippen molar-refractivity contribution in [3.63, 3.8) is 0 Å². The van der Waals surface area contributed by atoms with E-state index >= 15 is 0 Å². The second-order valence-electron chi connectivity index (χ2n) is 5.67. The molecule has 0 radical (unpaired) electrons. The molecular formula is C17H18N4O5S2. The van der Waals surface area contributed by atoms with Gasteiger partial charge < -0.3 is 9.47 Å². The van der Waals surface area contributed by atoms with Gasteiger partial charge in [0.05, 0.1) is 18.0 Å². The Bertz CT molecular complexity index is 888. The van der Waals surface area contributed by atoms with Crippen LogP contribution in [0.1, 0.15) is 13.8 Å². The largest absolute Gasteiger partial charge is 0.479 e. The molecule has 1 N–H and O–H groups in total. The summed E-state index contributed by atoms with van der Waals surface area (Å²) >= 11 is 2.32. The quantitative estimate of drug-likeness (QED) is 0.409. The Labute approximate surface area is 169 Å². The predicted molar refractivity (Wildman–Crippen MR) is 105 cm³/mol. The van der Waals surface area contributed by atoms with Crippen molar-refractivity contribution in [2.45, 2.75) is 24.3 Å². The third-order valence-electron chi connectivity index (χ3n) is 3.65. The van der Waals surface area contributed by atoms with Gasteiger partial charge in [-0.2, -0.15) is 0 Å². The van der Waals surface area contributed by atoms with Crippen LogP contribution in [0.5, 0.6) is 5.75 Å². The monoisotopic (exact) mass is 422 g/mol. The molecule has 148 valence electrons. The molecule has 1 aromatic heterocycles. The van der Waals surface area contributed by atoms with Crippen LogP contribution in [0.3, 0.4) is 0 Å². The molecule has 1 aromatic carbocycles. The van der Waals surface area contributed by atoms with Gasteiger partial charge in [-0.25, -0.2) is 0 Å². The van der Waals surface area contributed by atoms with E-state index in [-0.39, 0.29) is 24.2 Å². The SMILES string of the molecule is CCOC(=O)CSc1nnc(NC(=O)CN2C(=O)C(C)Oc3ccccc32)s1. The van der Waals surface area contributed by atoms with Gasteiger partial charge in [-0.3, -0.25) is 24.6 Å². The van der Waals surface area contributed by atoms with Gasteiger partial charge in [0.2, 0.25) is 11.0 Å². The number of anilines is 2. The molecular weight excluding hydrogens is 404 g/mol. The predicted octanol–water partition coefficient (Wildman–Crippen LogP) is 1.95. The number of carbonyl (C=O) groups is 3. The van der Waals surface area contributed by atoms with E-state index in [4.69, 9.17) is 9.47 Å². The maximum atomic E-state index is 12.4. The summed E-state index contributed by atoms with van der Waals surface area (Å²) in [6.07, 6.45) is -0.671. The summed E-state index contributed by atoms with van der Waals surface area (Å²) in [5.74, 6) is -0.372. The van der Waals surface area contributed by atoms with Crippen LogP contribution in [0.4, 0.5) is 10.8 Å². The average Bonchev–Trinajstić information content (AvgIpc) is 3.11. The number of aromatic nitrogens is 2. The van der Waals surface area contributed by atoms with E-state index in [1.165, 1.54) is 16.7 Å². The number of nitrogens with zero attached hydrogens (tertiary/aromatic N) is 3. The summed E-state index contributed by atoms with van der Waals surface area (Å²) < 4.78 is 10.9. The summed E-state index contributed by atoms with van der Waals surface area (Å²) in [5.41, 5.74) is 0.545. The van der Waals surface area contributed by atoms with Gasteiger partial charge in [-0.15, -0.1) is 10.2 Å². The normalized spacial score (nSPS) is 15.6. The lowest BCUT2D eigenvalue weighted by molar-refractivity contribution is -0.139. The maximum absolute atomic E-state index is 12.4. The minimum absolute atomic E-state index is 0.118. The van der Waals surface area contributed by atoms with Crippen LogP contribution in [0.2, 0.25) is 0 Å². The van der Waals surface area contributed by atoms with Crippen molar-refractivity contribution in [3.8, 4) is 5.75 Å². The van der Waals surface area contributed by atoms with Gasteiger partial charge in [0, 0.05) is 0 Å².